The molecule has 29 heavy (non-hydrogen) atoms. The first-order valence-electron chi connectivity index (χ1n) is 9.87. The van der Waals surface area contributed by atoms with E-state index in [1.807, 2.05) is 62.4 Å². The second kappa shape index (κ2) is 11.9. The van der Waals surface area contributed by atoms with Crippen molar-refractivity contribution in [1.29, 1.82) is 0 Å². The van der Waals surface area contributed by atoms with Gasteiger partial charge in [0.1, 0.15) is 6.04 Å². The van der Waals surface area contributed by atoms with Gasteiger partial charge >= 0.3 is 0 Å². The van der Waals surface area contributed by atoms with Crippen LogP contribution < -0.4 is 5.32 Å². The number of hydrogen-bond acceptors (Lipinski definition) is 3. The van der Waals surface area contributed by atoms with Gasteiger partial charge in [-0.3, -0.25) is 9.59 Å². The van der Waals surface area contributed by atoms with Gasteiger partial charge in [0.25, 0.3) is 0 Å². The van der Waals surface area contributed by atoms with E-state index in [1.54, 1.807) is 29.7 Å². The molecule has 0 saturated carbocycles. The van der Waals surface area contributed by atoms with Gasteiger partial charge in [-0.2, -0.15) is 0 Å². The summed E-state index contributed by atoms with van der Waals surface area (Å²) in [6.45, 7) is 6.05. The Hall–Kier alpha value is -1.98. The molecule has 0 bridgehead atoms. The molecule has 156 valence electrons. The van der Waals surface area contributed by atoms with Crippen molar-refractivity contribution >= 4 is 35.2 Å². The number of nitrogens with zero attached hydrogens (tertiary/aromatic N) is 1. The first-order valence-corrected chi connectivity index (χ1v) is 11.4. The zero-order valence-electron chi connectivity index (χ0n) is 17.2. The second-order valence-corrected chi connectivity index (χ2v) is 8.48. The lowest BCUT2D eigenvalue weighted by Gasteiger charge is -2.30. The van der Waals surface area contributed by atoms with Crippen LogP contribution in [0.4, 0.5) is 0 Å². The van der Waals surface area contributed by atoms with Crippen LogP contribution in [0.3, 0.4) is 0 Å². The van der Waals surface area contributed by atoms with Crippen molar-refractivity contribution in [2.24, 2.45) is 0 Å². The van der Waals surface area contributed by atoms with Crippen LogP contribution in [0.25, 0.3) is 0 Å². The van der Waals surface area contributed by atoms with E-state index in [4.69, 9.17) is 11.6 Å². The van der Waals surface area contributed by atoms with Crippen LogP contribution in [-0.2, 0) is 21.9 Å². The number of benzene rings is 2. The van der Waals surface area contributed by atoms with Crippen LogP contribution in [-0.4, -0.2) is 34.6 Å². The quantitative estimate of drug-likeness (QED) is 0.580. The number of hydrogen-bond donors (Lipinski definition) is 1. The van der Waals surface area contributed by atoms with Crippen molar-refractivity contribution in [2.75, 3.05) is 5.75 Å². The van der Waals surface area contributed by atoms with E-state index in [0.717, 1.165) is 17.7 Å². The summed E-state index contributed by atoms with van der Waals surface area (Å²) in [5, 5.41) is 3.57. The lowest BCUT2D eigenvalue weighted by Crippen LogP contribution is -2.50. The predicted octanol–water partition coefficient (Wildman–Crippen LogP) is 4.91. The van der Waals surface area contributed by atoms with Gasteiger partial charge in [-0.25, -0.2) is 0 Å². The number of halogens is 1. The van der Waals surface area contributed by atoms with E-state index in [0.29, 0.717) is 17.3 Å². The first-order chi connectivity index (χ1) is 13.9. The summed E-state index contributed by atoms with van der Waals surface area (Å²) < 4.78 is 0. The summed E-state index contributed by atoms with van der Waals surface area (Å²) >= 11 is 7.85. The smallest absolute Gasteiger partial charge is 0.242 e. The Labute approximate surface area is 183 Å². The van der Waals surface area contributed by atoms with Gasteiger partial charge in [0, 0.05) is 23.4 Å². The van der Waals surface area contributed by atoms with Crippen LogP contribution in [0, 0.1) is 0 Å². The SMILES string of the molecule is CC[C@H](C)NC(=O)[C@H](C)N(Cc1ccccc1Cl)C(=O)CSCc1ccccc1. The molecule has 0 radical (unpaired) electrons. The van der Waals surface area contributed by atoms with Crippen LogP contribution >= 0.6 is 23.4 Å². The summed E-state index contributed by atoms with van der Waals surface area (Å²) in [6.07, 6.45) is 0.837. The topological polar surface area (TPSA) is 49.4 Å². The lowest BCUT2D eigenvalue weighted by molar-refractivity contribution is -0.138. The Morgan fingerprint density at radius 1 is 1.07 bits per heavy atom. The normalized spacial score (nSPS) is 12.8. The molecule has 0 aliphatic heterocycles. The largest absolute Gasteiger partial charge is 0.352 e. The molecule has 0 aromatic heterocycles. The number of carbonyl (C=O) groups excluding carboxylic acids is 2. The fourth-order valence-electron chi connectivity index (χ4n) is 2.77. The van der Waals surface area contributed by atoms with Gasteiger partial charge in [0.2, 0.25) is 11.8 Å². The van der Waals surface area contributed by atoms with Crippen LogP contribution in [0.5, 0.6) is 0 Å². The molecule has 2 aromatic carbocycles. The molecule has 0 aliphatic rings. The van der Waals surface area contributed by atoms with Crippen molar-refractivity contribution in [3.63, 3.8) is 0 Å². The lowest BCUT2D eigenvalue weighted by atomic mass is 10.1. The number of nitrogens with one attached hydrogen (secondary N) is 1. The molecule has 0 spiro atoms. The molecule has 0 unspecified atom stereocenters. The third-order valence-corrected chi connectivity index (χ3v) is 6.16. The van der Waals surface area contributed by atoms with Crippen molar-refractivity contribution < 1.29 is 9.59 Å². The minimum atomic E-state index is -0.579. The molecule has 0 aliphatic carbocycles. The van der Waals surface area contributed by atoms with E-state index in [9.17, 15) is 9.59 Å². The van der Waals surface area contributed by atoms with Gasteiger partial charge in [-0.15, -0.1) is 11.8 Å². The Balaban J connectivity index is 2.08. The average Bonchev–Trinajstić information content (AvgIpc) is 2.73. The number of amides is 2. The molecule has 0 fully saturated rings. The zero-order valence-corrected chi connectivity index (χ0v) is 18.8. The highest BCUT2D eigenvalue weighted by Gasteiger charge is 2.27. The van der Waals surface area contributed by atoms with Gasteiger partial charge in [-0.05, 0) is 37.5 Å². The highest BCUT2D eigenvalue weighted by molar-refractivity contribution is 7.99. The van der Waals surface area contributed by atoms with Crippen molar-refractivity contribution in [3.8, 4) is 0 Å². The van der Waals surface area contributed by atoms with E-state index in [2.05, 4.69) is 5.32 Å². The monoisotopic (exact) mass is 432 g/mol. The molecule has 2 atom stereocenters. The van der Waals surface area contributed by atoms with E-state index in [-0.39, 0.29) is 17.9 Å². The maximum Gasteiger partial charge on any atom is 0.242 e. The Kier molecular flexibility index (Phi) is 9.55. The van der Waals surface area contributed by atoms with Gasteiger partial charge in [0.05, 0.1) is 5.75 Å². The zero-order chi connectivity index (χ0) is 21.2. The second-order valence-electron chi connectivity index (χ2n) is 7.09. The standard InChI is InChI=1S/C23H29ClN2O2S/c1-4-17(2)25-23(28)18(3)26(14-20-12-8-9-13-21(20)24)22(27)16-29-15-19-10-6-5-7-11-19/h5-13,17-18H,4,14-16H2,1-3H3,(H,25,28)/t17-,18-/m0/s1. The molecule has 2 amide bonds. The Morgan fingerprint density at radius 2 is 1.72 bits per heavy atom. The fourth-order valence-corrected chi connectivity index (χ4v) is 3.84. The highest BCUT2D eigenvalue weighted by Crippen LogP contribution is 2.20. The highest BCUT2D eigenvalue weighted by atomic mass is 35.5. The summed E-state index contributed by atoms with van der Waals surface area (Å²) in [5.74, 6) is 0.839. The van der Waals surface area contributed by atoms with Crippen LogP contribution in [0.1, 0.15) is 38.3 Å². The van der Waals surface area contributed by atoms with Crippen LogP contribution in [0.2, 0.25) is 5.02 Å². The molecular formula is C23H29ClN2O2S. The molecule has 6 heteroatoms. The van der Waals surface area contributed by atoms with Gasteiger partial charge in [0.15, 0.2) is 0 Å². The molecule has 4 nitrogen and oxygen atoms in total. The van der Waals surface area contributed by atoms with Crippen molar-refractivity contribution in [3.05, 3.63) is 70.7 Å². The van der Waals surface area contributed by atoms with Gasteiger partial charge < -0.3 is 10.2 Å². The number of thioether (sulfide) groups is 1. The fraction of sp³-hybridized carbons (Fsp3) is 0.391. The van der Waals surface area contributed by atoms with E-state index >= 15 is 0 Å². The molecule has 2 aromatic rings. The summed E-state index contributed by atoms with van der Waals surface area (Å²) in [4.78, 5) is 27.3. The van der Waals surface area contributed by atoms with Crippen molar-refractivity contribution in [1.82, 2.24) is 10.2 Å². The average molecular weight is 433 g/mol. The number of carbonyl (C=O) groups is 2. The summed E-state index contributed by atoms with van der Waals surface area (Å²) in [6, 6.07) is 17.0. The third kappa shape index (κ3) is 7.41. The number of rotatable bonds is 10. The maximum absolute atomic E-state index is 13.0. The van der Waals surface area contributed by atoms with Gasteiger partial charge in [-0.1, -0.05) is 67.1 Å². The van der Waals surface area contributed by atoms with E-state index in [1.165, 1.54) is 5.56 Å². The molecule has 0 saturated heterocycles. The first kappa shape index (κ1) is 23.3. The Morgan fingerprint density at radius 3 is 2.38 bits per heavy atom. The van der Waals surface area contributed by atoms with Crippen LogP contribution in [0.15, 0.2) is 54.6 Å². The Bertz CT molecular complexity index is 800. The third-order valence-electron chi connectivity index (χ3n) is 4.80. The predicted molar refractivity (Wildman–Crippen MR) is 122 cm³/mol. The minimum absolute atomic E-state index is 0.0645. The molecule has 2 rings (SSSR count). The summed E-state index contributed by atoms with van der Waals surface area (Å²) in [7, 11) is 0. The maximum atomic E-state index is 13.0. The molecule has 1 N–H and O–H groups in total. The molecule has 0 heterocycles. The van der Waals surface area contributed by atoms with Crippen molar-refractivity contribution in [2.45, 2.75) is 51.6 Å². The summed E-state index contributed by atoms with van der Waals surface area (Å²) in [5.41, 5.74) is 2.00. The molecular weight excluding hydrogens is 404 g/mol. The van der Waals surface area contributed by atoms with E-state index < -0.39 is 6.04 Å². The minimum Gasteiger partial charge on any atom is -0.352 e.